The first-order valence-corrected chi connectivity index (χ1v) is 22.2. The number of para-hydroxylation sites is 4. The molecule has 0 fully saturated rings. The Hall–Kier alpha value is -9.83. The van der Waals surface area contributed by atoms with Gasteiger partial charge in [0, 0.05) is 59.8 Å². The van der Waals surface area contributed by atoms with Crippen LogP contribution < -0.4 is 0 Å². The Morgan fingerprint density at radius 3 is 1.25 bits per heavy atom. The van der Waals surface area contributed by atoms with Gasteiger partial charge in [-0.2, -0.15) is 10.5 Å². The predicted octanol–water partition coefficient (Wildman–Crippen LogP) is 14.6. The third-order valence-corrected chi connectivity index (χ3v) is 13.2. The molecule has 0 aliphatic carbocycles. The minimum Gasteiger partial charge on any atom is -0.456 e. The summed E-state index contributed by atoms with van der Waals surface area (Å²) in [5, 5.41) is 29.1. The first-order chi connectivity index (χ1) is 33.6. The fourth-order valence-corrected chi connectivity index (χ4v) is 10.2. The van der Waals surface area contributed by atoms with Crippen LogP contribution in [0.15, 0.2) is 197 Å². The minimum absolute atomic E-state index is 0.365. The zero-order valence-corrected chi connectivity index (χ0v) is 35.8. The van der Waals surface area contributed by atoms with Gasteiger partial charge in [0.1, 0.15) is 22.3 Å². The van der Waals surface area contributed by atoms with Crippen molar-refractivity contribution in [2.75, 3.05) is 0 Å². The van der Waals surface area contributed by atoms with Crippen molar-refractivity contribution >= 4 is 87.5 Å². The van der Waals surface area contributed by atoms with Crippen molar-refractivity contribution in [3.63, 3.8) is 0 Å². The molecule has 9 nitrogen and oxygen atoms in total. The number of rotatable bonds is 5. The van der Waals surface area contributed by atoms with Crippen LogP contribution >= 0.6 is 0 Å². The summed E-state index contributed by atoms with van der Waals surface area (Å²) in [4.78, 5) is 15.9. The monoisotopic (exact) mass is 869 g/mol. The van der Waals surface area contributed by atoms with Crippen molar-refractivity contribution in [1.82, 2.24) is 24.1 Å². The molecule has 9 aromatic carbocycles. The molecular formula is C59H31N7O2. The second-order valence-electron chi connectivity index (χ2n) is 17.0. The number of nitriles is 2. The maximum atomic E-state index is 10.5. The summed E-state index contributed by atoms with van der Waals surface area (Å²) in [5.74, 6) is 1.17. The molecular weight excluding hydrogens is 839 g/mol. The first kappa shape index (κ1) is 37.5. The van der Waals surface area contributed by atoms with Crippen LogP contribution in [0.4, 0.5) is 0 Å². The van der Waals surface area contributed by atoms with Gasteiger partial charge in [-0.1, -0.05) is 103 Å². The lowest BCUT2D eigenvalue weighted by molar-refractivity contribution is 0.669. The van der Waals surface area contributed by atoms with E-state index in [4.69, 9.17) is 23.8 Å². The molecule has 0 bridgehead atoms. The second-order valence-corrected chi connectivity index (χ2v) is 17.0. The van der Waals surface area contributed by atoms with Crippen LogP contribution in [0.3, 0.4) is 0 Å². The summed E-state index contributed by atoms with van der Waals surface area (Å²) in [5.41, 5.74) is 11.6. The average molecular weight is 870 g/mol. The van der Waals surface area contributed by atoms with E-state index in [1.165, 1.54) is 0 Å². The average Bonchev–Trinajstić information content (AvgIpc) is 4.14. The van der Waals surface area contributed by atoms with E-state index < -0.39 is 0 Å². The summed E-state index contributed by atoms with van der Waals surface area (Å²) in [6, 6.07) is 67.3. The highest BCUT2D eigenvalue weighted by molar-refractivity contribution is 6.19. The van der Waals surface area contributed by atoms with Gasteiger partial charge in [-0.25, -0.2) is 15.0 Å². The maximum absolute atomic E-state index is 10.5. The van der Waals surface area contributed by atoms with E-state index in [0.717, 1.165) is 104 Å². The molecule has 0 spiro atoms. The van der Waals surface area contributed by atoms with Crippen molar-refractivity contribution in [2.45, 2.75) is 0 Å². The van der Waals surface area contributed by atoms with E-state index in [2.05, 4.69) is 81.9 Å². The number of hydrogen-bond donors (Lipinski definition) is 0. The van der Waals surface area contributed by atoms with Gasteiger partial charge < -0.3 is 18.0 Å². The highest BCUT2D eigenvalue weighted by atomic mass is 16.3. The van der Waals surface area contributed by atoms with Crippen LogP contribution in [0.2, 0.25) is 0 Å². The Kier molecular flexibility index (Phi) is 7.91. The van der Waals surface area contributed by atoms with Crippen molar-refractivity contribution in [3.8, 4) is 57.7 Å². The van der Waals surface area contributed by atoms with E-state index >= 15 is 0 Å². The zero-order chi connectivity index (χ0) is 45.0. The lowest BCUT2D eigenvalue weighted by atomic mass is 10.1. The molecule has 0 N–H and O–H groups in total. The molecule has 14 aromatic rings. The topological polar surface area (TPSA) is 122 Å². The molecule has 0 radical (unpaired) electrons. The molecule has 314 valence electrons. The van der Waals surface area contributed by atoms with Gasteiger partial charge >= 0.3 is 0 Å². The number of aromatic nitrogens is 5. The Labute approximate surface area is 386 Å². The molecule has 0 unspecified atom stereocenters. The molecule has 14 rings (SSSR count). The van der Waals surface area contributed by atoms with Gasteiger partial charge in [0.2, 0.25) is 0 Å². The van der Waals surface area contributed by atoms with Crippen LogP contribution in [0.1, 0.15) is 11.1 Å². The summed E-state index contributed by atoms with van der Waals surface area (Å²) < 4.78 is 17.2. The van der Waals surface area contributed by atoms with E-state index in [1.807, 2.05) is 127 Å². The summed E-state index contributed by atoms with van der Waals surface area (Å²) in [6.45, 7) is 0. The lowest BCUT2D eigenvalue weighted by Gasteiger charge is -2.17. The van der Waals surface area contributed by atoms with E-state index in [-0.39, 0.29) is 0 Å². The number of hydrogen-bond acceptors (Lipinski definition) is 7. The fourth-order valence-electron chi connectivity index (χ4n) is 10.2. The third kappa shape index (κ3) is 5.51. The highest BCUT2D eigenvalue weighted by Gasteiger charge is 2.24. The van der Waals surface area contributed by atoms with Crippen LogP contribution in [-0.2, 0) is 0 Å². The number of fused-ring (bicyclic) bond motifs is 12. The van der Waals surface area contributed by atoms with E-state index in [9.17, 15) is 10.5 Å². The number of nitrogens with zero attached hydrogens (tertiary/aromatic N) is 7. The van der Waals surface area contributed by atoms with Crippen molar-refractivity contribution in [3.05, 3.63) is 199 Å². The predicted molar refractivity (Wildman–Crippen MR) is 269 cm³/mol. The maximum Gasteiger partial charge on any atom is 0.166 e. The zero-order valence-electron chi connectivity index (χ0n) is 35.8. The molecule has 0 atom stereocenters. The molecule has 9 heteroatoms. The van der Waals surface area contributed by atoms with Crippen LogP contribution in [0.5, 0.6) is 0 Å². The van der Waals surface area contributed by atoms with Crippen LogP contribution in [0.25, 0.3) is 133 Å². The van der Waals surface area contributed by atoms with Crippen LogP contribution in [-0.4, -0.2) is 24.1 Å². The molecule has 5 aromatic heterocycles. The summed E-state index contributed by atoms with van der Waals surface area (Å²) in [7, 11) is 0. The molecule has 5 heterocycles. The Morgan fingerprint density at radius 2 is 0.765 bits per heavy atom. The molecule has 0 saturated carbocycles. The molecule has 0 saturated heterocycles. The van der Waals surface area contributed by atoms with E-state index in [1.54, 1.807) is 0 Å². The number of furan rings is 2. The molecule has 68 heavy (non-hydrogen) atoms. The van der Waals surface area contributed by atoms with Gasteiger partial charge in [-0.05, 0) is 84.9 Å². The third-order valence-electron chi connectivity index (χ3n) is 13.2. The molecule has 0 aliphatic rings. The summed E-state index contributed by atoms with van der Waals surface area (Å²) >= 11 is 0. The Morgan fingerprint density at radius 1 is 0.338 bits per heavy atom. The second kappa shape index (κ2) is 14.3. The Bertz CT molecular complexity index is 4270. The summed E-state index contributed by atoms with van der Waals surface area (Å²) in [6.07, 6.45) is 0. The van der Waals surface area contributed by atoms with Crippen molar-refractivity contribution < 1.29 is 8.83 Å². The fraction of sp³-hybridized carbons (Fsp3) is 0. The molecule has 0 aliphatic heterocycles. The van der Waals surface area contributed by atoms with Crippen LogP contribution in [0, 0.1) is 22.7 Å². The highest BCUT2D eigenvalue weighted by Crippen LogP contribution is 2.43. The normalized spacial score (nSPS) is 11.8. The quantitative estimate of drug-likeness (QED) is 0.169. The molecule has 0 amide bonds. The standard InChI is InChI=1S/C59H31N7O2/c60-32-34-22-24-49(65-47-18-8-4-14-37(47)41-30-55-43(28-51(41)65)39-16-6-10-20-53(39)67-55)45(26-34)58-62-57(36-12-2-1-3-13-36)63-59(64-58)46-27-35(33-61)23-25-50(46)66-48-19-9-5-15-38(48)42-31-56-44(29-52(42)66)40-17-7-11-21-54(40)68-56/h1-31H. The lowest BCUT2D eigenvalue weighted by Crippen LogP contribution is -2.06. The van der Waals surface area contributed by atoms with Gasteiger partial charge in [-0.15, -0.1) is 0 Å². The largest absolute Gasteiger partial charge is 0.456 e. The van der Waals surface area contributed by atoms with Crippen molar-refractivity contribution in [1.29, 1.82) is 10.5 Å². The van der Waals surface area contributed by atoms with Crippen molar-refractivity contribution in [2.24, 2.45) is 0 Å². The SMILES string of the molecule is N#Cc1ccc(-n2c3ccccc3c3cc4oc5ccccc5c4cc32)c(-c2nc(-c3ccccc3)nc(-c3cc(C#N)ccc3-n3c4ccccc4c4cc5oc6ccccc6c5cc43)n2)c1. The van der Waals surface area contributed by atoms with Gasteiger partial charge in [0.05, 0.1) is 56.7 Å². The smallest absolute Gasteiger partial charge is 0.166 e. The van der Waals surface area contributed by atoms with Gasteiger partial charge in [-0.3, -0.25) is 0 Å². The number of benzene rings is 9. The van der Waals surface area contributed by atoms with E-state index in [0.29, 0.717) is 39.7 Å². The van der Waals surface area contributed by atoms with Gasteiger partial charge in [0.25, 0.3) is 0 Å². The van der Waals surface area contributed by atoms with Gasteiger partial charge in [0.15, 0.2) is 17.5 Å². The minimum atomic E-state index is 0.365. The Balaban J connectivity index is 1.06. The first-order valence-electron chi connectivity index (χ1n) is 22.2.